The molecule has 0 spiro atoms. The van der Waals surface area contributed by atoms with Gasteiger partial charge in [0.05, 0.1) is 12.2 Å². The van der Waals surface area contributed by atoms with E-state index >= 15 is 0 Å². The molecule has 130 valence electrons. The van der Waals surface area contributed by atoms with Crippen molar-refractivity contribution in [2.75, 3.05) is 23.3 Å². The highest BCUT2D eigenvalue weighted by atomic mass is 16.5. The van der Waals surface area contributed by atoms with E-state index < -0.39 is 0 Å². The number of rotatable bonds is 4. The molecular formula is C16H20N8O. The van der Waals surface area contributed by atoms with Crippen LogP contribution in [0.15, 0.2) is 30.5 Å². The first kappa shape index (κ1) is 15.7. The maximum absolute atomic E-state index is 5.77. The number of hydrogen-bond acceptors (Lipinski definition) is 8. The average molecular weight is 340 g/mol. The summed E-state index contributed by atoms with van der Waals surface area (Å²) in [5.41, 5.74) is 1.70. The van der Waals surface area contributed by atoms with Gasteiger partial charge in [-0.05, 0) is 48.0 Å². The van der Waals surface area contributed by atoms with Crippen LogP contribution in [0.4, 0.5) is 11.6 Å². The fraction of sp³-hybridized carbons (Fsp3) is 0.438. The number of aromatic nitrogens is 6. The zero-order valence-electron chi connectivity index (χ0n) is 14.2. The first-order valence-electron chi connectivity index (χ1n) is 8.32. The normalized spacial score (nSPS) is 20.8. The third kappa shape index (κ3) is 3.50. The number of anilines is 2. The maximum Gasteiger partial charge on any atom is 0.200 e. The molecule has 3 aromatic rings. The number of hydrogen-bond donors (Lipinski definition) is 1. The van der Waals surface area contributed by atoms with E-state index in [4.69, 9.17) is 4.74 Å². The number of ether oxygens (including phenoxy) is 1. The van der Waals surface area contributed by atoms with E-state index in [0.29, 0.717) is 18.0 Å². The van der Waals surface area contributed by atoms with Crippen molar-refractivity contribution in [2.24, 2.45) is 0 Å². The minimum atomic E-state index is 0.221. The topological polar surface area (TPSA) is 93.4 Å². The molecule has 0 unspecified atom stereocenters. The molecule has 0 amide bonds. The predicted octanol–water partition coefficient (Wildman–Crippen LogP) is 1.14. The Labute approximate surface area is 145 Å². The molecule has 2 atom stereocenters. The van der Waals surface area contributed by atoms with E-state index in [9.17, 15) is 0 Å². The number of tetrazole rings is 1. The van der Waals surface area contributed by atoms with Crippen LogP contribution in [0.2, 0.25) is 0 Å². The highest BCUT2D eigenvalue weighted by molar-refractivity contribution is 5.44. The summed E-state index contributed by atoms with van der Waals surface area (Å²) in [6, 6.07) is 7.80. The van der Waals surface area contributed by atoms with Gasteiger partial charge in [0.25, 0.3) is 0 Å². The molecule has 1 fully saturated rings. The second-order valence-corrected chi connectivity index (χ2v) is 6.29. The fourth-order valence-corrected chi connectivity index (χ4v) is 3.01. The standard InChI is InChI=1S/C16H20N8O/c1-11-9-23(10-12(2)25-11)15-5-3-13(8-18-15)7-17-14-4-6-16-19-21-22-24(16)20-14/h3-6,8,11-12H,7,9-10H2,1-2H3,(H,17,20)/t11-,12+. The summed E-state index contributed by atoms with van der Waals surface area (Å²) in [7, 11) is 0. The Hall–Kier alpha value is -2.81. The van der Waals surface area contributed by atoms with Crippen LogP contribution in [0.25, 0.3) is 5.65 Å². The van der Waals surface area contributed by atoms with Gasteiger partial charge < -0.3 is 15.0 Å². The molecule has 1 aliphatic rings. The smallest absolute Gasteiger partial charge is 0.200 e. The summed E-state index contributed by atoms with van der Waals surface area (Å²) in [5, 5.41) is 18.7. The predicted molar refractivity (Wildman–Crippen MR) is 92.4 cm³/mol. The summed E-state index contributed by atoms with van der Waals surface area (Å²) in [4.78, 5) is 6.86. The van der Waals surface area contributed by atoms with Gasteiger partial charge in [-0.15, -0.1) is 14.8 Å². The average Bonchev–Trinajstić information content (AvgIpc) is 3.07. The minimum absolute atomic E-state index is 0.221. The van der Waals surface area contributed by atoms with Crippen LogP contribution in [0.5, 0.6) is 0 Å². The number of pyridine rings is 1. The molecular weight excluding hydrogens is 320 g/mol. The Morgan fingerprint density at radius 3 is 2.76 bits per heavy atom. The third-order valence-electron chi connectivity index (χ3n) is 4.10. The van der Waals surface area contributed by atoms with Crippen molar-refractivity contribution in [1.82, 2.24) is 30.2 Å². The van der Waals surface area contributed by atoms with Crippen LogP contribution in [0.3, 0.4) is 0 Å². The molecule has 1 saturated heterocycles. The van der Waals surface area contributed by atoms with Crippen molar-refractivity contribution in [2.45, 2.75) is 32.6 Å². The van der Waals surface area contributed by atoms with Gasteiger partial charge in [-0.1, -0.05) is 6.07 Å². The summed E-state index contributed by atoms with van der Waals surface area (Å²) >= 11 is 0. The van der Waals surface area contributed by atoms with Crippen LogP contribution in [-0.4, -0.2) is 55.5 Å². The molecule has 4 heterocycles. The molecule has 1 N–H and O–H groups in total. The largest absolute Gasteiger partial charge is 0.372 e. The summed E-state index contributed by atoms with van der Waals surface area (Å²) in [6.45, 7) is 6.55. The third-order valence-corrected chi connectivity index (χ3v) is 4.10. The molecule has 4 rings (SSSR count). The number of nitrogens with zero attached hydrogens (tertiary/aromatic N) is 7. The van der Waals surface area contributed by atoms with E-state index in [2.05, 4.69) is 61.8 Å². The molecule has 0 aromatic carbocycles. The van der Waals surface area contributed by atoms with Crippen molar-refractivity contribution in [3.05, 3.63) is 36.0 Å². The zero-order chi connectivity index (χ0) is 17.2. The Morgan fingerprint density at radius 2 is 2.00 bits per heavy atom. The van der Waals surface area contributed by atoms with E-state index in [0.717, 1.165) is 24.5 Å². The van der Waals surface area contributed by atoms with E-state index in [-0.39, 0.29) is 12.2 Å². The second kappa shape index (κ2) is 6.60. The number of fused-ring (bicyclic) bond motifs is 1. The molecule has 0 bridgehead atoms. The Balaban J connectivity index is 1.40. The lowest BCUT2D eigenvalue weighted by Crippen LogP contribution is -2.45. The molecule has 0 radical (unpaired) electrons. The van der Waals surface area contributed by atoms with E-state index in [1.807, 2.05) is 18.3 Å². The number of nitrogens with one attached hydrogen (secondary N) is 1. The SMILES string of the molecule is C[C@@H]1CN(c2ccc(CNc3ccc4nnnn4n3)cn2)C[C@H](C)O1. The van der Waals surface area contributed by atoms with Crippen LogP contribution in [0, 0.1) is 0 Å². The van der Waals surface area contributed by atoms with Crippen molar-refractivity contribution in [3.63, 3.8) is 0 Å². The van der Waals surface area contributed by atoms with Gasteiger partial charge in [0.15, 0.2) is 5.65 Å². The van der Waals surface area contributed by atoms with Crippen molar-refractivity contribution in [3.8, 4) is 0 Å². The van der Waals surface area contributed by atoms with Gasteiger partial charge in [0, 0.05) is 25.8 Å². The highest BCUT2D eigenvalue weighted by Crippen LogP contribution is 2.18. The van der Waals surface area contributed by atoms with Crippen LogP contribution in [-0.2, 0) is 11.3 Å². The second-order valence-electron chi connectivity index (χ2n) is 6.29. The molecule has 1 aliphatic heterocycles. The molecule has 9 nitrogen and oxygen atoms in total. The van der Waals surface area contributed by atoms with Crippen molar-refractivity contribution in [1.29, 1.82) is 0 Å². The molecule has 9 heteroatoms. The molecule has 0 saturated carbocycles. The fourth-order valence-electron chi connectivity index (χ4n) is 3.01. The lowest BCUT2D eigenvalue weighted by Gasteiger charge is -2.36. The maximum atomic E-state index is 5.77. The first-order chi connectivity index (χ1) is 12.2. The van der Waals surface area contributed by atoms with Crippen LogP contribution >= 0.6 is 0 Å². The van der Waals surface area contributed by atoms with Gasteiger partial charge in [-0.3, -0.25) is 0 Å². The zero-order valence-corrected chi connectivity index (χ0v) is 14.2. The number of morpholine rings is 1. The van der Waals surface area contributed by atoms with Gasteiger partial charge in [-0.25, -0.2) is 4.98 Å². The minimum Gasteiger partial charge on any atom is -0.372 e. The summed E-state index contributed by atoms with van der Waals surface area (Å²) in [5.74, 6) is 1.69. The van der Waals surface area contributed by atoms with E-state index in [1.165, 1.54) is 4.63 Å². The monoisotopic (exact) mass is 340 g/mol. The lowest BCUT2D eigenvalue weighted by atomic mass is 10.2. The molecule has 0 aliphatic carbocycles. The van der Waals surface area contributed by atoms with Crippen LogP contribution < -0.4 is 10.2 Å². The Morgan fingerprint density at radius 1 is 1.16 bits per heavy atom. The lowest BCUT2D eigenvalue weighted by molar-refractivity contribution is -0.00545. The first-order valence-corrected chi connectivity index (χ1v) is 8.32. The van der Waals surface area contributed by atoms with Gasteiger partial charge in [0.2, 0.25) is 0 Å². The Bertz CT molecular complexity index is 839. The molecule has 3 aromatic heterocycles. The quantitative estimate of drug-likeness (QED) is 0.756. The molecule has 25 heavy (non-hydrogen) atoms. The van der Waals surface area contributed by atoms with Crippen molar-refractivity contribution < 1.29 is 4.74 Å². The van der Waals surface area contributed by atoms with Gasteiger partial charge in [0.1, 0.15) is 11.6 Å². The van der Waals surface area contributed by atoms with Crippen molar-refractivity contribution >= 4 is 17.3 Å². The summed E-state index contributed by atoms with van der Waals surface area (Å²) in [6.07, 6.45) is 2.33. The Kier molecular flexibility index (Phi) is 4.14. The summed E-state index contributed by atoms with van der Waals surface area (Å²) < 4.78 is 7.16. The van der Waals surface area contributed by atoms with Gasteiger partial charge >= 0.3 is 0 Å². The van der Waals surface area contributed by atoms with Gasteiger partial charge in [-0.2, -0.15) is 0 Å². The van der Waals surface area contributed by atoms with Crippen LogP contribution in [0.1, 0.15) is 19.4 Å². The van der Waals surface area contributed by atoms with E-state index in [1.54, 1.807) is 0 Å². The highest BCUT2D eigenvalue weighted by Gasteiger charge is 2.22.